The van der Waals surface area contributed by atoms with E-state index in [1.165, 1.54) is 12.1 Å². The molecule has 0 unspecified atom stereocenters. The summed E-state index contributed by atoms with van der Waals surface area (Å²) in [5.74, 6) is 0.167. The maximum atomic E-state index is 10.3. The molecule has 0 bridgehead atoms. The second kappa shape index (κ2) is 6.76. The van der Waals surface area contributed by atoms with Gasteiger partial charge in [0.05, 0.1) is 0 Å². The van der Waals surface area contributed by atoms with Crippen LogP contribution in [0.4, 0.5) is 0 Å². The van der Waals surface area contributed by atoms with Crippen molar-refractivity contribution in [2.45, 2.75) is 0 Å². The number of para-hydroxylation sites is 1. The van der Waals surface area contributed by atoms with Gasteiger partial charge in [-0.3, -0.25) is 9.79 Å². The van der Waals surface area contributed by atoms with Gasteiger partial charge in [-0.25, -0.2) is 4.57 Å². The van der Waals surface area contributed by atoms with Gasteiger partial charge in [0.1, 0.15) is 5.75 Å². The van der Waals surface area contributed by atoms with Crippen LogP contribution in [0.1, 0.15) is 0 Å². The first kappa shape index (κ1) is 15.8. The van der Waals surface area contributed by atoms with Gasteiger partial charge in [0.2, 0.25) is 0 Å². The molecule has 1 aromatic rings. The van der Waals surface area contributed by atoms with E-state index in [2.05, 4.69) is 4.52 Å². The molecule has 2 N–H and O–H groups in total. The van der Waals surface area contributed by atoms with Gasteiger partial charge in [0.15, 0.2) is 0 Å². The van der Waals surface area contributed by atoms with Crippen LogP contribution in [0.15, 0.2) is 30.3 Å². The molecule has 0 saturated heterocycles. The fourth-order valence-electron chi connectivity index (χ4n) is 0.619. The van der Waals surface area contributed by atoms with Crippen LogP contribution in [0.3, 0.4) is 0 Å². The Morgan fingerprint density at radius 2 is 1.54 bits per heavy atom. The molecule has 1 aromatic carbocycles. The molecule has 0 radical (unpaired) electrons. The number of phosphoric acid groups is 1. The third kappa shape index (κ3) is 7.44. The van der Waals surface area contributed by atoms with Crippen LogP contribution in [-0.4, -0.2) is 47.5 Å². The molecule has 0 aromatic heterocycles. The predicted molar refractivity (Wildman–Crippen MR) is 53.4 cm³/mol. The van der Waals surface area contributed by atoms with E-state index < -0.39 is 7.82 Å². The molecule has 0 heterocycles. The fourth-order valence-corrected chi connectivity index (χ4v) is 1.02. The van der Waals surface area contributed by atoms with Crippen molar-refractivity contribution in [2.75, 3.05) is 0 Å². The first-order valence-corrected chi connectivity index (χ1v) is 4.41. The average Bonchev–Trinajstić information content (AvgIpc) is 1.85. The molecule has 0 aliphatic rings. The summed E-state index contributed by atoms with van der Waals surface area (Å²) in [6, 6.07) is 7.93. The SMILES string of the molecule is O=P(O)(O)Oc1ccccc1.[LiH].[LiH]. The molecule has 7 heteroatoms. The zero-order valence-corrected chi connectivity index (χ0v) is 6.44. The molecule has 1 rings (SSSR count). The van der Waals surface area contributed by atoms with Crippen molar-refractivity contribution >= 4 is 45.5 Å². The van der Waals surface area contributed by atoms with E-state index in [9.17, 15) is 4.57 Å². The van der Waals surface area contributed by atoms with Gasteiger partial charge < -0.3 is 4.52 Å². The Bertz CT molecular complexity index is 273. The average molecular weight is 190 g/mol. The van der Waals surface area contributed by atoms with E-state index in [-0.39, 0.29) is 43.5 Å². The topological polar surface area (TPSA) is 66.8 Å². The first-order chi connectivity index (χ1) is 5.08. The third-order valence-corrected chi connectivity index (χ3v) is 1.42. The van der Waals surface area contributed by atoms with Gasteiger partial charge in [-0.15, -0.1) is 0 Å². The van der Waals surface area contributed by atoms with Crippen LogP contribution in [0.5, 0.6) is 5.75 Å². The molecule has 0 atom stereocenters. The van der Waals surface area contributed by atoms with Crippen molar-refractivity contribution in [3.63, 3.8) is 0 Å². The molecule has 0 fully saturated rings. The Morgan fingerprint density at radius 1 is 1.08 bits per heavy atom. The number of hydrogen-bond acceptors (Lipinski definition) is 2. The van der Waals surface area contributed by atoms with Crippen LogP contribution in [0, 0.1) is 0 Å². The second-order valence-electron chi connectivity index (χ2n) is 1.89. The summed E-state index contributed by atoms with van der Waals surface area (Å²) in [5.41, 5.74) is 0. The molecule has 0 saturated carbocycles. The maximum absolute atomic E-state index is 10.3. The first-order valence-electron chi connectivity index (χ1n) is 2.88. The fraction of sp³-hybridized carbons (Fsp3) is 0. The quantitative estimate of drug-likeness (QED) is 0.503. The predicted octanol–water partition coefficient (Wildman–Crippen LogP) is -0.139. The van der Waals surface area contributed by atoms with E-state index in [1.807, 2.05) is 0 Å². The van der Waals surface area contributed by atoms with E-state index in [0.29, 0.717) is 0 Å². The zero-order valence-electron chi connectivity index (χ0n) is 5.54. The van der Waals surface area contributed by atoms with E-state index in [4.69, 9.17) is 9.79 Å². The van der Waals surface area contributed by atoms with Gasteiger partial charge in [-0.1, -0.05) is 18.2 Å². The Hall–Kier alpha value is 0.365. The van der Waals surface area contributed by atoms with Gasteiger partial charge in [-0.2, -0.15) is 0 Å². The number of rotatable bonds is 2. The number of benzene rings is 1. The van der Waals surface area contributed by atoms with Gasteiger partial charge in [0.25, 0.3) is 0 Å². The molecule has 64 valence electrons. The Balaban J connectivity index is 0. The number of hydrogen-bond donors (Lipinski definition) is 2. The van der Waals surface area contributed by atoms with Crippen LogP contribution >= 0.6 is 7.82 Å². The van der Waals surface area contributed by atoms with Crippen molar-refractivity contribution in [1.82, 2.24) is 0 Å². The van der Waals surface area contributed by atoms with E-state index >= 15 is 0 Å². The Morgan fingerprint density at radius 3 is 1.92 bits per heavy atom. The normalized spacial score (nSPS) is 9.38. The van der Waals surface area contributed by atoms with Gasteiger partial charge in [0, 0.05) is 0 Å². The van der Waals surface area contributed by atoms with E-state index in [1.54, 1.807) is 18.2 Å². The van der Waals surface area contributed by atoms with Crippen LogP contribution in [0.25, 0.3) is 0 Å². The van der Waals surface area contributed by atoms with Crippen LogP contribution in [-0.2, 0) is 4.57 Å². The number of phosphoric ester groups is 1. The molecular formula is C6H9Li2O4P. The third-order valence-electron chi connectivity index (χ3n) is 0.968. The zero-order chi connectivity index (χ0) is 8.32. The summed E-state index contributed by atoms with van der Waals surface area (Å²) in [6.45, 7) is 0. The van der Waals surface area contributed by atoms with E-state index in [0.717, 1.165) is 0 Å². The monoisotopic (exact) mass is 190 g/mol. The minimum atomic E-state index is -4.39. The van der Waals surface area contributed by atoms with Crippen molar-refractivity contribution in [2.24, 2.45) is 0 Å². The Labute approximate surface area is 100 Å². The molecule has 0 aliphatic carbocycles. The van der Waals surface area contributed by atoms with Gasteiger partial charge >= 0.3 is 45.5 Å². The van der Waals surface area contributed by atoms with Crippen molar-refractivity contribution in [1.29, 1.82) is 0 Å². The minimum absolute atomic E-state index is 0. The summed E-state index contributed by atoms with van der Waals surface area (Å²) in [7, 11) is -4.39. The van der Waals surface area contributed by atoms with Crippen LogP contribution < -0.4 is 4.52 Å². The van der Waals surface area contributed by atoms with Crippen molar-refractivity contribution < 1.29 is 18.9 Å². The van der Waals surface area contributed by atoms with Crippen LogP contribution in [0.2, 0.25) is 0 Å². The molecule has 13 heavy (non-hydrogen) atoms. The van der Waals surface area contributed by atoms with Crippen molar-refractivity contribution in [3.8, 4) is 5.75 Å². The standard InChI is InChI=1S/C6H7O4P.2Li.2H/c7-11(8,9)10-6-4-2-1-3-5-6;;;;/h1-5H,(H2,7,8,9);;;;. The molecule has 4 nitrogen and oxygen atoms in total. The van der Waals surface area contributed by atoms with Crippen molar-refractivity contribution in [3.05, 3.63) is 30.3 Å². The summed E-state index contributed by atoms with van der Waals surface area (Å²) in [6.07, 6.45) is 0. The summed E-state index contributed by atoms with van der Waals surface area (Å²) in [5, 5.41) is 0. The molecule has 0 spiro atoms. The molecule has 0 amide bonds. The summed E-state index contributed by atoms with van der Waals surface area (Å²) in [4.78, 5) is 16.7. The second-order valence-corrected chi connectivity index (χ2v) is 3.06. The summed E-state index contributed by atoms with van der Waals surface area (Å²) < 4.78 is 14.5. The molecule has 0 aliphatic heterocycles. The molecular weight excluding hydrogens is 181 g/mol. The Kier molecular flexibility index (Phi) is 8.23. The summed E-state index contributed by atoms with van der Waals surface area (Å²) >= 11 is 0. The van der Waals surface area contributed by atoms with Gasteiger partial charge in [-0.05, 0) is 12.1 Å².